The number of fused-ring (bicyclic) bond motifs is 1. The van der Waals surface area contributed by atoms with Gasteiger partial charge in [0.25, 0.3) is 5.92 Å². The fourth-order valence-electron chi connectivity index (χ4n) is 3.56. The molecule has 30 heavy (non-hydrogen) atoms. The van der Waals surface area contributed by atoms with Gasteiger partial charge in [0, 0.05) is 18.2 Å². The smallest absolute Gasteiger partial charge is 0.264 e. The second kappa shape index (κ2) is 7.84. The van der Waals surface area contributed by atoms with Gasteiger partial charge in [0.15, 0.2) is 17.4 Å². The van der Waals surface area contributed by atoms with Crippen molar-refractivity contribution < 1.29 is 18.0 Å². The number of thiazole rings is 1. The summed E-state index contributed by atoms with van der Waals surface area (Å²) in [5.74, 6) is -4.30. The fourth-order valence-corrected chi connectivity index (χ4v) is 4.28. The van der Waals surface area contributed by atoms with Gasteiger partial charge in [0.2, 0.25) is 0 Å². The summed E-state index contributed by atoms with van der Waals surface area (Å²) < 4.78 is 43.5. The Morgan fingerprint density at radius 2 is 2.10 bits per heavy atom. The van der Waals surface area contributed by atoms with E-state index in [9.17, 15) is 18.0 Å². The Bertz CT molecular complexity index is 1100. The summed E-state index contributed by atoms with van der Waals surface area (Å²) in [4.78, 5) is 20.4. The number of ketones is 1. The Hall–Kier alpha value is -2.72. The molecule has 2 atom stereocenters. The minimum atomic E-state index is -3.03. The highest BCUT2D eigenvalue weighted by molar-refractivity contribution is 7.16. The van der Waals surface area contributed by atoms with Crippen molar-refractivity contribution in [3.63, 3.8) is 0 Å². The molecular weight excluding hydrogens is 415 g/mol. The number of anilines is 3. The van der Waals surface area contributed by atoms with E-state index in [2.05, 4.69) is 20.6 Å². The lowest BCUT2D eigenvalue weighted by Gasteiger charge is -2.36. The molecular formula is C20H20F3N5OS. The third-order valence-electron chi connectivity index (χ3n) is 5.22. The van der Waals surface area contributed by atoms with Crippen LogP contribution in [0.5, 0.6) is 0 Å². The molecule has 0 unspecified atom stereocenters. The first-order chi connectivity index (χ1) is 14.2. The number of carbonyl (C=O) groups is 1. The molecule has 10 heteroatoms. The number of halogens is 3. The molecule has 4 rings (SSSR count). The Morgan fingerprint density at radius 1 is 1.30 bits per heavy atom. The van der Waals surface area contributed by atoms with Crippen LogP contribution < -0.4 is 16.4 Å². The molecule has 1 aromatic carbocycles. The van der Waals surface area contributed by atoms with E-state index in [1.807, 2.05) is 12.1 Å². The van der Waals surface area contributed by atoms with E-state index < -0.39 is 23.8 Å². The first-order valence-corrected chi connectivity index (χ1v) is 10.3. The number of alkyl halides is 2. The Kier molecular flexibility index (Phi) is 5.37. The van der Waals surface area contributed by atoms with Crippen molar-refractivity contribution in [2.45, 2.75) is 44.2 Å². The first kappa shape index (κ1) is 20.5. The van der Waals surface area contributed by atoms with Gasteiger partial charge in [-0.05, 0) is 44.0 Å². The third-order valence-corrected chi connectivity index (χ3v) is 6.01. The minimum absolute atomic E-state index is 0.0562. The molecule has 1 saturated carbocycles. The Labute approximate surface area is 174 Å². The molecule has 1 fully saturated rings. The molecule has 3 aromatic rings. The van der Waals surface area contributed by atoms with Crippen LogP contribution in [0.1, 0.15) is 36.5 Å². The summed E-state index contributed by atoms with van der Waals surface area (Å²) in [6, 6.07) is 4.19. The number of aromatic nitrogens is 2. The van der Waals surface area contributed by atoms with E-state index in [1.54, 1.807) is 11.6 Å². The summed E-state index contributed by atoms with van der Waals surface area (Å²) in [7, 11) is 0. The predicted octanol–water partition coefficient (Wildman–Crippen LogP) is 4.70. The summed E-state index contributed by atoms with van der Waals surface area (Å²) in [6.45, 7) is 1.30. The maximum atomic E-state index is 14.6. The van der Waals surface area contributed by atoms with Gasteiger partial charge >= 0.3 is 0 Å². The predicted molar refractivity (Wildman–Crippen MR) is 111 cm³/mol. The second-order valence-electron chi connectivity index (χ2n) is 7.36. The van der Waals surface area contributed by atoms with Gasteiger partial charge in [-0.2, -0.15) is 0 Å². The molecule has 158 valence electrons. The van der Waals surface area contributed by atoms with Crippen molar-refractivity contribution in [3.8, 4) is 0 Å². The normalized spacial score (nSPS) is 20.8. The molecule has 2 aromatic heterocycles. The molecule has 1 aliphatic rings. The topological polar surface area (TPSA) is 92.9 Å². The molecule has 0 radical (unpaired) electrons. The van der Waals surface area contributed by atoms with Crippen LogP contribution in [0, 0.1) is 5.82 Å². The monoisotopic (exact) mass is 435 g/mol. The zero-order chi connectivity index (χ0) is 21.5. The third kappa shape index (κ3) is 3.97. The fraction of sp³-hybridized carbons (Fsp3) is 0.350. The zero-order valence-corrected chi connectivity index (χ0v) is 16.9. The van der Waals surface area contributed by atoms with E-state index in [4.69, 9.17) is 5.73 Å². The highest BCUT2D eigenvalue weighted by Gasteiger charge is 2.45. The van der Waals surface area contributed by atoms with Crippen LogP contribution in [0.2, 0.25) is 0 Å². The van der Waals surface area contributed by atoms with E-state index in [0.717, 1.165) is 16.3 Å². The minimum Gasteiger partial charge on any atom is -0.363 e. The van der Waals surface area contributed by atoms with Crippen LogP contribution in [0.15, 0.2) is 29.8 Å². The molecule has 0 saturated heterocycles. The highest BCUT2D eigenvalue weighted by atomic mass is 32.1. The largest absolute Gasteiger partial charge is 0.363 e. The average molecular weight is 435 g/mol. The number of nitrogens with one attached hydrogen (secondary N) is 2. The molecule has 0 amide bonds. The zero-order valence-electron chi connectivity index (χ0n) is 16.1. The van der Waals surface area contributed by atoms with Crippen molar-refractivity contribution in [2.24, 2.45) is 5.73 Å². The number of hydrogen-bond acceptors (Lipinski definition) is 7. The van der Waals surface area contributed by atoms with Crippen LogP contribution in [0.25, 0.3) is 10.2 Å². The average Bonchev–Trinajstić information content (AvgIpc) is 3.15. The summed E-state index contributed by atoms with van der Waals surface area (Å²) in [5.41, 5.74) is 8.95. The van der Waals surface area contributed by atoms with Gasteiger partial charge < -0.3 is 16.4 Å². The Balaban J connectivity index is 1.66. The second-order valence-corrected chi connectivity index (χ2v) is 8.25. The molecule has 0 aliphatic heterocycles. The molecule has 0 bridgehead atoms. The first-order valence-electron chi connectivity index (χ1n) is 9.46. The van der Waals surface area contributed by atoms with E-state index >= 15 is 0 Å². The lowest BCUT2D eigenvalue weighted by atomic mass is 9.87. The molecule has 0 spiro atoms. The van der Waals surface area contributed by atoms with Crippen LogP contribution in [-0.4, -0.2) is 33.8 Å². The number of nitrogens with zero attached hydrogens (tertiary/aromatic N) is 2. The number of benzene rings is 1. The quantitative estimate of drug-likeness (QED) is 0.503. The lowest BCUT2D eigenvalue weighted by molar-refractivity contribution is -0.0555. The van der Waals surface area contributed by atoms with Crippen molar-refractivity contribution in [2.75, 3.05) is 10.6 Å². The van der Waals surface area contributed by atoms with Crippen molar-refractivity contribution in [3.05, 3.63) is 41.2 Å². The van der Waals surface area contributed by atoms with Crippen molar-refractivity contribution in [1.29, 1.82) is 0 Å². The van der Waals surface area contributed by atoms with Crippen LogP contribution in [0.3, 0.4) is 0 Å². The molecule has 1 aliphatic carbocycles. The van der Waals surface area contributed by atoms with E-state index in [1.165, 1.54) is 18.3 Å². The number of pyridine rings is 1. The number of carbonyl (C=O) groups excluding carboxylic acids is 1. The maximum absolute atomic E-state index is 14.6. The van der Waals surface area contributed by atoms with Gasteiger partial charge in [0.05, 0.1) is 27.3 Å². The number of Topliss-reactive ketones (excluding diaryl/α,β-unsaturated/α-hetero) is 1. The maximum Gasteiger partial charge on any atom is 0.264 e. The number of rotatable bonds is 5. The summed E-state index contributed by atoms with van der Waals surface area (Å²) in [6.07, 6.45) is 0.348. The van der Waals surface area contributed by atoms with Crippen LogP contribution >= 0.6 is 11.3 Å². The highest BCUT2D eigenvalue weighted by Crippen LogP contribution is 2.34. The molecule has 6 nitrogen and oxygen atoms in total. The molecule has 2 heterocycles. The van der Waals surface area contributed by atoms with Crippen LogP contribution in [0.4, 0.5) is 30.5 Å². The van der Waals surface area contributed by atoms with Gasteiger partial charge in [0.1, 0.15) is 5.82 Å². The Morgan fingerprint density at radius 3 is 2.87 bits per heavy atom. The summed E-state index contributed by atoms with van der Waals surface area (Å²) >= 11 is 1.46. The van der Waals surface area contributed by atoms with Gasteiger partial charge in [-0.25, -0.2) is 23.1 Å². The van der Waals surface area contributed by atoms with Crippen LogP contribution in [-0.2, 0) is 0 Å². The van der Waals surface area contributed by atoms with Crippen molar-refractivity contribution in [1.82, 2.24) is 9.97 Å². The SMILES string of the molecule is CC(=O)c1cc(F)c(N[C@@H]2CCCC(F)(F)[C@@H]2N)nc1Nc1ccc2ncsc2c1. The lowest BCUT2D eigenvalue weighted by Crippen LogP contribution is -2.55. The van der Waals surface area contributed by atoms with Gasteiger partial charge in [-0.3, -0.25) is 4.79 Å². The number of nitrogens with two attached hydrogens (primary N) is 1. The molecule has 4 N–H and O–H groups in total. The standard InChI is InChI=1S/C20H20F3N5OS/c1-10(29)12-8-13(21)19(27-15-3-2-6-20(22,23)17(15)24)28-18(12)26-11-4-5-14-16(7-11)30-9-25-14/h4-5,7-9,15,17H,2-3,6,24H2,1H3,(H2,26,27,28)/t15-,17-/m1/s1. The van der Waals surface area contributed by atoms with E-state index in [-0.39, 0.29) is 35.8 Å². The number of hydrogen-bond donors (Lipinski definition) is 3. The van der Waals surface area contributed by atoms with E-state index in [0.29, 0.717) is 12.1 Å². The summed E-state index contributed by atoms with van der Waals surface area (Å²) in [5, 5.41) is 5.75. The van der Waals surface area contributed by atoms with Gasteiger partial charge in [-0.1, -0.05) is 0 Å². The van der Waals surface area contributed by atoms with Gasteiger partial charge in [-0.15, -0.1) is 11.3 Å². The van der Waals surface area contributed by atoms with Crippen molar-refractivity contribution >= 4 is 44.7 Å².